The highest BCUT2D eigenvalue weighted by atomic mass is 79.9. The Kier molecular flexibility index (Phi) is 9.70. The zero-order valence-electron chi connectivity index (χ0n) is 19.3. The van der Waals surface area contributed by atoms with E-state index in [2.05, 4.69) is 31.8 Å². The van der Waals surface area contributed by atoms with Gasteiger partial charge in [0.15, 0.2) is 0 Å². The third-order valence-corrected chi connectivity index (χ3v) is 5.14. The number of carbonyl (C=O) groups is 3. The molecule has 186 valence electrons. The standard InChI is InChI=1S/C26H23BrFN3O5/c1-2-13-35-22-10-5-18(6-11-22)26(34)36-23-12-7-20(27)14-19(23)15-30-31-24(32)16-29-25(33)17-3-8-21(28)9-4-17/h3-12,14-15H,2,13,16H2,1H3,(H,29,33)(H,31,32). The van der Waals surface area contributed by atoms with E-state index in [0.29, 0.717) is 28.0 Å². The Morgan fingerprint density at radius 1 is 1.00 bits per heavy atom. The molecule has 0 spiro atoms. The Bertz CT molecular complexity index is 1250. The minimum atomic E-state index is -0.583. The molecule has 8 nitrogen and oxygen atoms in total. The summed E-state index contributed by atoms with van der Waals surface area (Å²) < 4.78 is 24.7. The van der Waals surface area contributed by atoms with Crippen LogP contribution in [-0.4, -0.2) is 37.1 Å². The van der Waals surface area contributed by atoms with Crippen molar-refractivity contribution in [2.24, 2.45) is 5.10 Å². The maximum atomic E-state index is 13.0. The largest absolute Gasteiger partial charge is 0.494 e. The van der Waals surface area contributed by atoms with Crippen molar-refractivity contribution in [3.8, 4) is 11.5 Å². The van der Waals surface area contributed by atoms with Gasteiger partial charge in [-0.05, 0) is 73.2 Å². The minimum Gasteiger partial charge on any atom is -0.494 e. The fourth-order valence-electron chi connectivity index (χ4n) is 2.86. The lowest BCUT2D eigenvalue weighted by Gasteiger charge is -2.09. The van der Waals surface area contributed by atoms with Crippen LogP contribution in [0.25, 0.3) is 0 Å². The summed E-state index contributed by atoms with van der Waals surface area (Å²) in [6.07, 6.45) is 2.19. The molecule has 0 atom stereocenters. The lowest BCUT2D eigenvalue weighted by molar-refractivity contribution is -0.120. The van der Waals surface area contributed by atoms with E-state index in [-0.39, 0.29) is 17.9 Å². The molecule has 0 heterocycles. The maximum absolute atomic E-state index is 13.0. The predicted molar refractivity (Wildman–Crippen MR) is 136 cm³/mol. The fourth-order valence-corrected chi connectivity index (χ4v) is 3.24. The summed E-state index contributed by atoms with van der Waals surface area (Å²) >= 11 is 3.35. The van der Waals surface area contributed by atoms with Crippen LogP contribution in [0.5, 0.6) is 11.5 Å². The van der Waals surface area contributed by atoms with Crippen LogP contribution in [0.3, 0.4) is 0 Å². The van der Waals surface area contributed by atoms with E-state index in [4.69, 9.17) is 9.47 Å². The number of rotatable bonds is 10. The molecule has 0 fully saturated rings. The van der Waals surface area contributed by atoms with Gasteiger partial charge >= 0.3 is 5.97 Å². The van der Waals surface area contributed by atoms with Gasteiger partial charge in [0.2, 0.25) is 0 Å². The van der Waals surface area contributed by atoms with E-state index in [1.165, 1.54) is 18.3 Å². The first kappa shape index (κ1) is 26.6. The SMILES string of the molecule is CCCOc1ccc(C(=O)Oc2ccc(Br)cc2C=NNC(=O)CNC(=O)c2ccc(F)cc2)cc1. The molecule has 3 aromatic carbocycles. The van der Waals surface area contributed by atoms with Crippen molar-refractivity contribution in [1.29, 1.82) is 0 Å². The zero-order chi connectivity index (χ0) is 25.9. The zero-order valence-corrected chi connectivity index (χ0v) is 20.9. The average Bonchev–Trinajstić information content (AvgIpc) is 2.88. The second-order valence-electron chi connectivity index (χ2n) is 7.43. The molecule has 0 saturated heterocycles. The summed E-state index contributed by atoms with van der Waals surface area (Å²) in [5.41, 5.74) is 3.28. The van der Waals surface area contributed by atoms with Crippen LogP contribution in [0, 0.1) is 5.82 Å². The normalized spacial score (nSPS) is 10.6. The lowest BCUT2D eigenvalue weighted by atomic mass is 10.2. The number of nitrogens with one attached hydrogen (secondary N) is 2. The van der Waals surface area contributed by atoms with E-state index < -0.39 is 23.6 Å². The third kappa shape index (κ3) is 8.02. The Morgan fingerprint density at radius 2 is 1.69 bits per heavy atom. The van der Waals surface area contributed by atoms with Crippen molar-refractivity contribution < 1.29 is 28.2 Å². The number of carbonyl (C=O) groups excluding carboxylic acids is 3. The van der Waals surface area contributed by atoms with Crippen LogP contribution in [0.4, 0.5) is 4.39 Å². The van der Waals surface area contributed by atoms with Crippen LogP contribution in [-0.2, 0) is 4.79 Å². The highest BCUT2D eigenvalue weighted by Crippen LogP contribution is 2.23. The van der Waals surface area contributed by atoms with Gasteiger partial charge in [0.05, 0.1) is 24.9 Å². The number of hydrogen-bond acceptors (Lipinski definition) is 6. The van der Waals surface area contributed by atoms with Gasteiger partial charge in [-0.15, -0.1) is 0 Å². The minimum absolute atomic E-state index is 0.219. The van der Waals surface area contributed by atoms with E-state index in [1.54, 1.807) is 42.5 Å². The quantitative estimate of drug-likeness (QED) is 0.166. The predicted octanol–water partition coefficient (Wildman–Crippen LogP) is 4.48. The second kappa shape index (κ2) is 13.1. The monoisotopic (exact) mass is 555 g/mol. The van der Waals surface area contributed by atoms with Gasteiger partial charge in [0.25, 0.3) is 11.8 Å². The lowest BCUT2D eigenvalue weighted by Crippen LogP contribution is -2.34. The van der Waals surface area contributed by atoms with Crippen LogP contribution in [0.1, 0.15) is 39.6 Å². The highest BCUT2D eigenvalue weighted by Gasteiger charge is 2.12. The Morgan fingerprint density at radius 3 is 2.39 bits per heavy atom. The topological polar surface area (TPSA) is 106 Å². The Balaban J connectivity index is 1.57. The van der Waals surface area contributed by atoms with Gasteiger partial charge < -0.3 is 14.8 Å². The molecule has 3 rings (SSSR count). The van der Waals surface area contributed by atoms with Crippen LogP contribution in [0.2, 0.25) is 0 Å². The van der Waals surface area contributed by atoms with E-state index in [0.717, 1.165) is 18.6 Å². The van der Waals surface area contributed by atoms with Gasteiger partial charge in [-0.25, -0.2) is 14.6 Å². The summed E-state index contributed by atoms with van der Waals surface area (Å²) in [5, 5.41) is 6.29. The summed E-state index contributed by atoms with van der Waals surface area (Å²) in [6, 6.07) is 16.5. The molecule has 0 saturated carbocycles. The first-order valence-electron chi connectivity index (χ1n) is 11.0. The number of hydrazone groups is 1. The number of nitrogens with zero attached hydrogens (tertiary/aromatic N) is 1. The smallest absolute Gasteiger partial charge is 0.343 e. The first-order valence-corrected chi connectivity index (χ1v) is 11.7. The molecule has 0 aliphatic rings. The van der Waals surface area contributed by atoms with Crippen LogP contribution in [0.15, 0.2) is 76.3 Å². The van der Waals surface area contributed by atoms with Crippen LogP contribution < -0.4 is 20.2 Å². The molecule has 0 bridgehead atoms. The van der Waals surface area contributed by atoms with Gasteiger partial charge in [-0.3, -0.25) is 9.59 Å². The second-order valence-corrected chi connectivity index (χ2v) is 8.34. The molecule has 0 unspecified atom stereocenters. The molecule has 10 heteroatoms. The van der Waals surface area contributed by atoms with E-state index in [1.807, 2.05) is 6.92 Å². The van der Waals surface area contributed by atoms with Gasteiger partial charge in [0, 0.05) is 15.6 Å². The molecule has 3 aromatic rings. The van der Waals surface area contributed by atoms with Crippen molar-refractivity contribution in [1.82, 2.24) is 10.7 Å². The molecule has 0 aliphatic carbocycles. The van der Waals surface area contributed by atoms with Crippen molar-refractivity contribution in [3.05, 3.63) is 93.7 Å². The molecule has 2 N–H and O–H groups in total. The summed E-state index contributed by atoms with van der Waals surface area (Å²) in [5.74, 6) is -1.25. The number of hydrogen-bond donors (Lipinski definition) is 2. The van der Waals surface area contributed by atoms with Gasteiger partial charge in [-0.1, -0.05) is 22.9 Å². The number of ether oxygens (including phenoxy) is 2. The van der Waals surface area contributed by atoms with Crippen molar-refractivity contribution in [2.75, 3.05) is 13.2 Å². The number of benzene rings is 3. The van der Waals surface area contributed by atoms with Crippen molar-refractivity contribution in [2.45, 2.75) is 13.3 Å². The number of halogens is 2. The molecule has 0 aromatic heterocycles. The van der Waals surface area contributed by atoms with Crippen molar-refractivity contribution >= 4 is 39.9 Å². The van der Waals surface area contributed by atoms with Gasteiger partial charge in [-0.2, -0.15) is 5.10 Å². The fraction of sp³-hybridized carbons (Fsp3) is 0.154. The third-order valence-electron chi connectivity index (χ3n) is 4.65. The molecule has 0 aliphatic heterocycles. The molecule has 0 radical (unpaired) electrons. The van der Waals surface area contributed by atoms with E-state index in [9.17, 15) is 18.8 Å². The number of esters is 1. The molecular formula is C26H23BrFN3O5. The number of amides is 2. The molecule has 36 heavy (non-hydrogen) atoms. The van der Waals surface area contributed by atoms with Crippen LogP contribution >= 0.6 is 15.9 Å². The molecular weight excluding hydrogens is 533 g/mol. The van der Waals surface area contributed by atoms with Gasteiger partial charge in [0.1, 0.15) is 17.3 Å². The average molecular weight is 556 g/mol. The highest BCUT2D eigenvalue weighted by molar-refractivity contribution is 9.10. The Labute approximate surface area is 215 Å². The van der Waals surface area contributed by atoms with Crippen molar-refractivity contribution in [3.63, 3.8) is 0 Å². The summed E-state index contributed by atoms with van der Waals surface area (Å²) in [4.78, 5) is 36.6. The molecule has 2 amide bonds. The Hall–Kier alpha value is -4.05. The van der Waals surface area contributed by atoms with E-state index >= 15 is 0 Å². The summed E-state index contributed by atoms with van der Waals surface area (Å²) in [7, 11) is 0. The first-order chi connectivity index (χ1) is 17.4. The summed E-state index contributed by atoms with van der Waals surface area (Å²) in [6.45, 7) is 2.25. The maximum Gasteiger partial charge on any atom is 0.343 e.